The molecule has 19 heavy (non-hydrogen) atoms. The second kappa shape index (κ2) is 5.24. The summed E-state index contributed by atoms with van der Waals surface area (Å²) in [6.07, 6.45) is 4.09. The minimum Gasteiger partial charge on any atom is -0.307 e. The molecule has 3 heteroatoms. The summed E-state index contributed by atoms with van der Waals surface area (Å²) < 4.78 is 2.05. The Kier molecular flexibility index (Phi) is 3.29. The fourth-order valence-electron chi connectivity index (χ4n) is 2.21. The van der Waals surface area contributed by atoms with E-state index in [1.54, 1.807) is 0 Å². The van der Waals surface area contributed by atoms with Crippen molar-refractivity contribution in [3.8, 4) is 0 Å². The van der Waals surface area contributed by atoms with Crippen molar-refractivity contribution < 1.29 is 0 Å². The lowest BCUT2D eigenvalue weighted by molar-refractivity contribution is 0.680. The van der Waals surface area contributed by atoms with Gasteiger partial charge in [-0.25, -0.2) is 4.98 Å². The molecule has 0 fully saturated rings. The van der Waals surface area contributed by atoms with E-state index in [-0.39, 0.29) is 0 Å². The lowest BCUT2D eigenvalue weighted by atomic mass is 10.1. The first-order valence-corrected chi connectivity index (χ1v) is 6.51. The molecule has 0 saturated heterocycles. The van der Waals surface area contributed by atoms with Crippen LogP contribution in [0.5, 0.6) is 0 Å². The number of pyridine rings is 1. The third-order valence-electron chi connectivity index (χ3n) is 3.30. The van der Waals surface area contributed by atoms with Gasteiger partial charge in [0.2, 0.25) is 0 Å². The third-order valence-corrected chi connectivity index (χ3v) is 3.30. The van der Waals surface area contributed by atoms with Gasteiger partial charge in [0.15, 0.2) is 0 Å². The van der Waals surface area contributed by atoms with Crippen LogP contribution < -0.4 is 5.32 Å². The monoisotopic (exact) mass is 251 g/mol. The lowest BCUT2D eigenvalue weighted by Gasteiger charge is -2.05. The summed E-state index contributed by atoms with van der Waals surface area (Å²) >= 11 is 0. The van der Waals surface area contributed by atoms with Gasteiger partial charge in [-0.15, -0.1) is 0 Å². The van der Waals surface area contributed by atoms with Crippen molar-refractivity contribution in [1.29, 1.82) is 0 Å². The molecule has 0 amide bonds. The summed E-state index contributed by atoms with van der Waals surface area (Å²) in [7, 11) is 0. The van der Waals surface area contributed by atoms with Crippen molar-refractivity contribution in [1.82, 2.24) is 14.7 Å². The van der Waals surface area contributed by atoms with Gasteiger partial charge >= 0.3 is 0 Å². The molecule has 3 nitrogen and oxygen atoms in total. The Morgan fingerprint density at radius 3 is 2.74 bits per heavy atom. The quantitative estimate of drug-likeness (QED) is 0.772. The van der Waals surface area contributed by atoms with Gasteiger partial charge in [-0.1, -0.05) is 30.3 Å². The summed E-state index contributed by atoms with van der Waals surface area (Å²) in [5.41, 5.74) is 4.73. The van der Waals surface area contributed by atoms with Crippen LogP contribution >= 0.6 is 0 Å². The second-order valence-corrected chi connectivity index (χ2v) is 4.73. The van der Waals surface area contributed by atoms with Crippen LogP contribution in [0.2, 0.25) is 0 Å². The van der Waals surface area contributed by atoms with Crippen LogP contribution in [0.15, 0.2) is 54.9 Å². The minimum atomic E-state index is 0.788. The third kappa shape index (κ3) is 2.66. The van der Waals surface area contributed by atoms with Gasteiger partial charge in [0.25, 0.3) is 0 Å². The van der Waals surface area contributed by atoms with Crippen LogP contribution in [0.25, 0.3) is 5.65 Å². The first-order chi connectivity index (χ1) is 9.33. The number of hydrogen-bond acceptors (Lipinski definition) is 2. The molecular weight excluding hydrogens is 234 g/mol. The molecule has 3 aromatic rings. The Morgan fingerprint density at radius 2 is 1.89 bits per heavy atom. The van der Waals surface area contributed by atoms with Crippen LogP contribution in [-0.2, 0) is 13.1 Å². The standard InChI is InChI=1S/C16H17N3/c1-13-6-2-3-7-14(13)10-17-11-15-12-19-9-5-4-8-16(19)18-15/h2-9,12,17H,10-11H2,1H3. The maximum absolute atomic E-state index is 4.57. The van der Waals surface area contributed by atoms with Crippen molar-refractivity contribution in [3.05, 3.63) is 71.7 Å². The number of nitrogens with zero attached hydrogens (tertiary/aromatic N) is 2. The second-order valence-electron chi connectivity index (χ2n) is 4.73. The fraction of sp³-hybridized carbons (Fsp3) is 0.188. The zero-order valence-electron chi connectivity index (χ0n) is 11.0. The van der Waals surface area contributed by atoms with E-state index in [0.717, 1.165) is 24.4 Å². The van der Waals surface area contributed by atoms with Gasteiger partial charge < -0.3 is 9.72 Å². The summed E-state index contributed by atoms with van der Waals surface area (Å²) in [6.45, 7) is 3.80. The maximum Gasteiger partial charge on any atom is 0.137 e. The highest BCUT2D eigenvalue weighted by atomic mass is 15.0. The summed E-state index contributed by atoms with van der Waals surface area (Å²) in [6, 6.07) is 14.5. The zero-order valence-corrected chi connectivity index (χ0v) is 11.0. The van der Waals surface area contributed by atoms with Crippen LogP contribution in [0.4, 0.5) is 0 Å². The van der Waals surface area contributed by atoms with Crippen LogP contribution in [0.3, 0.4) is 0 Å². The Bertz CT molecular complexity index is 652. The number of aryl methyl sites for hydroxylation is 1. The van der Waals surface area contributed by atoms with Gasteiger partial charge in [-0.05, 0) is 30.2 Å². The number of rotatable bonds is 4. The number of hydrogen-bond donors (Lipinski definition) is 1. The molecule has 1 aromatic carbocycles. The smallest absolute Gasteiger partial charge is 0.137 e. The van der Waals surface area contributed by atoms with Gasteiger partial charge in [0.05, 0.1) is 5.69 Å². The largest absolute Gasteiger partial charge is 0.307 e. The Labute approximate surface area is 112 Å². The molecule has 2 aromatic heterocycles. The van der Waals surface area contributed by atoms with Crippen molar-refractivity contribution >= 4 is 5.65 Å². The average molecular weight is 251 g/mol. The zero-order chi connectivity index (χ0) is 13.1. The van der Waals surface area contributed by atoms with Crippen molar-refractivity contribution in [2.24, 2.45) is 0 Å². The SMILES string of the molecule is Cc1ccccc1CNCc1cn2ccccc2n1. The van der Waals surface area contributed by atoms with E-state index in [1.807, 2.05) is 28.8 Å². The first-order valence-electron chi connectivity index (χ1n) is 6.51. The topological polar surface area (TPSA) is 29.3 Å². The maximum atomic E-state index is 4.57. The number of imidazole rings is 1. The van der Waals surface area contributed by atoms with E-state index in [1.165, 1.54) is 11.1 Å². The summed E-state index contributed by atoms with van der Waals surface area (Å²) in [5.74, 6) is 0. The predicted molar refractivity (Wildman–Crippen MR) is 76.9 cm³/mol. The van der Waals surface area contributed by atoms with E-state index in [4.69, 9.17) is 0 Å². The molecule has 0 radical (unpaired) electrons. The number of fused-ring (bicyclic) bond motifs is 1. The van der Waals surface area contributed by atoms with Crippen LogP contribution in [0.1, 0.15) is 16.8 Å². The van der Waals surface area contributed by atoms with Gasteiger partial charge in [-0.3, -0.25) is 0 Å². The van der Waals surface area contributed by atoms with E-state index in [9.17, 15) is 0 Å². The highest BCUT2D eigenvalue weighted by Gasteiger charge is 2.01. The Morgan fingerprint density at radius 1 is 1.05 bits per heavy atom. The predicted octanol–water partition coefficient (Wildman–Crippen LogP) is 2.93. The van der Waals surface area contributed by atoms with Gasteiger partial charge in [0, 0.05) is 25.5 Å². The summed E-state index contributed by atoms with van der Waals surface area (Å²) in [4.78, 5) is 4.57. The van der Waals surface area contributed by atoms with Crippen molar-refractivity contribution in [2.75, 3.05) is 0 Å². The minimum absolute atomic E-state index is 0.788. The molecule has 3 rings (SSSR count). The Balaban J connectivity index is 1.65. The molecule has 0 aliphatic rings. The molecule has 1 N–H and O–H groups in total. The number of nitrogens with one attached hydrogen (secondary N) is 1. The molecule has 0 aliphatic carbocycles. The molecule has 0 aliphatic heterocycles. The number of benzene rings is 1. The van der Waals surface area contributed by atoms with E-state index < -0.39 is 0 Å². The molecule has 0 unspecified atom stereocenters. The van der Waals surface area contributed by atoms with Gasteiger partial charge in [-0.2, -0.15) is 0 Å². The van der Waals surface area contributed by atoms with E-state index in [2.05, 4.69) is 47.7 Å². The Hall–Kier alpha value is -2.13. The first kappa shape index (κ1) is 11.9. The van der Waals surface area contributed by atoms with E-state index in [0.29, 0.717) is 0 Å². The molecule has 0 atom stereocenters. The van der Waals surface area contributed by atoms with Crippen molar-refractivity contribution in [2.45, 2.75) is 20.0 Å². The molecule has 0 spiro atoms. The lowest BCUT2D eigenvalue weighted by Crippen LogP contribution is -2.13. The number of aromatic nitrogens is 2. The van der Waals surface area contributed by atoms with Crippen LogP contribution in [0, 0.1) is 6.92 Å². The molecular formula is C16H17N3. The van der Waals surface area contributed by atoms with Crippen LogP contribution in [-0.4, -0.2) is 9.38 Å². The molecule has 0 saturated carbocycles. The summed E-state index contributed by atoms with van der Waals surface area (Å²) in [5, 5.41) is 3.44. The van der Waals surface area contributed by atoms with Gasteiger partial charge in [0.1, 0.15) is 5.65 Å². The normalized spacial score (nSPS) is 11.0. The van der Waals surface area contributed by atoms with E-state index >= 15 is 0 Å². The van der Waals surface area contributed by atoms with Crippen molar-refractivity contribution in [3.63, 3.8) is 0 Å². The average Bonchev–Trinajstić information content (AvgIpc) is 2.83. The molecule has 0 bridgehead atoms. The highest BCUT2D eigenvalue weighted by Crippen LogP contribution is 2.07. The fourth-order valence-corrected chi connectivity index (χ4v) is 2.21. The molecule has 96 valence electrons. The molecule has 2 heterocycles. The highest BCUT2D eigenvalue weighted by molar-refractivity contribution is 5.39.